The first kappa shape index (κ1) is 26.5. The Morgan fingerprint density at radius 1 is 1.00 bits per heavy atom. The number of aromatic hydroxyl groups is 1. The smallest absolute Gasteiger partial charge is 0.338 e. The van der Waals surface area contributed by atoms with Crippen molar-refractivity contribution in [1.82, 2.24) is 0 Å². The minimum Gasteiger partial charge on any atom is -0.508 e. The normalized spacial score (nSPS) is 16.7. The lowest BCUT2D eigenvalue weighted by Crippen LogP contribution is -2.29. The van der Waals surface area contributed by atoms with Crippen LogP contribution < -0.4 is 9.64 Å². The molecule has 0 bridgehead atoms. The number of aryl methyl sites for hydroxylation is 1. The molecule has 0 saturated carbocycles. The van der Waals surface area contributed by atoms with Gasteiger partial charge in [0.2, 0.25) is 0 Å². The highest BCUT2D eigenvalue weighted by molar-refractivity contribution is 6.51. The Morgan fingerprint density at radius 3 is 2.39 bits per heavy atom. The van der Waals surface area contributed by atoms with Crippen molar-refractivity contribution < 1.29 is 34.1 Å². The molecule has 1 fully saturated rings. The van der Waals surface area contributed by atoms with E-state index in [2.05, 4.69) is 0 Å². The molecular weight excluding hydrogens is 486 g/mol. The van der Waals surface area contributed by atoms with Crippen molar-refractivity contribution >= 4 is 29.1 Å². The van der Waals surface area contributed by atoms with E-state index < -0.39 is 23.7 Å². The molecule has 1 unspecified atom stereocenters. The molecule has 0 aromatic heterocycles. The predicted octanol–water partition coefficient (Wildman–Crippen LogP) is 5.29. The van der Waals surface area contributed by atoms with Gasteiger partial charge in [0.15, 0.2) is 0 Å². The Labute approximate surface area is 220 Å². The van der Waals surface area contributed by atoms with Crippen molar-refractivity contribution in [2.45, 2.75) is 39.8 Å². The Balaban J connectivity index is 1.89. The highest BCUT2D eigenvalue weighted by Gasteiger charge is 2.47. The maximum Gasteiger partial charge on any atom is 0.338 e. The summed E-state index contributed by atoms with van der Waals surface area (Å²) in [5.74, 6) is -2.13. The summed E-state index contributed by atoms with van der Waals surface area (Å²) in [5, 5.41) is 21.6. The number of anilines is 1. The van der Waals surface area contributed by atoms with Crippen LogP contribution in [-0.2, 0) is 14.3 Å². The lowest BCUT2D eigenvalue weighted by molar-refractivity contribution is -0.132. The third kappa shape index (κ3) is 5.11. The molecule has 1 atom stereocenters. The van der Waals surface area contributed by atoms with Crippen molar-refractivity contribution in [2.75, 3.05) is 11.5 Å². The maximum atomic E-state index is 13.4. The average Bonchev–Trinajstić information content (AvgIpc) is 3.15. The van der Waals surface area contributed by atoms with Gasteiger partial charge in [-0.05, 0) is 87.4 Å². The number of carbonyl (C=O) groups excluding carboxylic acids is 3. The number of amides is 1. The molecule has 1 aliphatic heterocycles. The summed E-state index contributed by atoms with van der Waals surface area (Å²) in [6.45, 7) is 7.49. The number of rotatable bonds is 7. The Hall–Kier alpha value is -4.59. The molecule has 1 saturated heterocycles. The monoisotopic (exact) mass is 515 g/mol. The van der Waals surface area contributed by atoms with E-state index >= 15 is 0 Å². The third-order valence-electron chi connectivity index (χ3n) is 6.08. The molecule has 0 spiro atoms. The molecule has 196 valence electrons. The molecule has 3 aromatic rings. The molecule has 1 heterocycles. The average molecular weight is 516 g/mol. The van der Waals surface area contributed by atoms with Crippen LogP contribution in [0.25, 0.3) is 5.76 Å². The number of Topliss-reactive ketones (excluding diaryl/α,β-unsaturated/α-hetero) is 1. The highest BCUT2D eigenvalue weighted by Crippen LogP contribution is 2.43. The molecule has 3 aromatic carbocycles. The summed E-state index contributed by atoms with van der Waals surface area (Å²) in [5.41, 5.74) is 1.82. The van der Waals surface area contributed by atoms with Gasteiger partial charge >= 0.3 is 5.97 Å². The molecule has 38 heavy (non-hydrogen) atoms. The zero-order valence-corrected chi connectivity index (χ0v) is 21.6. The van der Waals surface area contributed by atoms with Gasteiger partial charge in [0.25, 0.3) is 11.7 Å². The second-order valence-corrected chi connectivity index (χ2v) is 9.18. The lowest BCUT2D eigenvalue weighted by Gasteiger charge is -2.26. The van der Waals surface area contributed by atoms with E-state index in [9.17, 15) is 24.6 Å². The number of carbonyl (C=O) groups is 3. The van der Waals surface area contributed by atoms with Crippen LogP contribution in [0.2, 0.25) is 0 Å². The minimum atomic E-state index is -1.06. The van der Waals surface area contributed by atoms with Crippen LogP contribution >= 0.6 is 0 Å². The number of benzene rings is 3. The second-order valence-electron chi connectivity index (χ2n) is 9.18. The van der Waals surface area contributed by atoms with E-state index in [1.807, 2.05) is 20.8 Å². The van der Waals surface area contributed by atoms with Crippen molar-refractivity contribution in [2.24, 2.45) is 0 Å². The van der Waals surface area contributed by atoms with Gasteiger partial charge in [-0.3, -0.25) is 14.5 Å². The number of phenolic OH excluding ortho intramolecular Hbond substituents is 1. The van der Waals surface area contributed by atoms with Crippen LogP contribution in [0.15, 0.2) is 72.3 Å². The predicted molar refractivity (Wildman–Crippen MR) is 142 cm³/mol. The fraction of sp³-hybridized carbons (Fsp3) is 0.233. The lowest BCUT2D eigenvalue weighted by atomic mass is 9.94. The molecule has 4 rings (SSSR count). The van der Waals surface area contributed by atoms with Gasteiger partial charge in [0, 0.05) is 11.3 Å². The number of aliphatic hydroxyl groups excluding tert-OH is 1. The van der Waals surface area contributed by atoms with Crippen LogP contribution in [0, 0.1) is 6.92 Å². The Kier molecular flexibility index (Phi) is 7.52. The van der Waals surface area contributed by atoms with Crippen molar-refractivity contribution in [1.29, 1.82) is 0 Å². The van der Waals surface area contributed by atoms with Crippen LogP contribution in [0.1, 0.15) is 53.9 Å². The van der Waals surface area contributed by atoms with Crippen LogP contribution in [0.5, 0.6) is 11.5 Å². The zero-order chi connectivity index (χ0) is 27.6. The quantitative estimate of drug-likeness (QED) is 0.190. The third-order valence-corrected chi connectivity index (χ3v) is 6.08. The highest BCUT2D eigenvalue weighted by atomic mass is 16.5. The SMILES string of the molecule is CCOC(=O)c1cccc(N2C(=O)C(=O)/C(=C(/O)c3ccc(OC(C)C)c(C)c3)C2c2cccc(O)c2)c1. The van der Waals surface area contributed by atoms with Crippen molar-refractivity contribution in [3.63, 3.8) is 0 Å². The Morgan fingerprint density at radius 2 is 1.74 bits per heavy atom. The minimum absolute atomic E-state index is 0.0467. The number of ketones is 1. The van der Waals surface area contributed by atoms with E-state index in [1.54, 1.807) is 55.5 Å². The molecule has 1 amide bonds. The van der Waals surface area contributed by atoms with Gasteiger partial charge < -0.3 is 19.7 Å². The number of phenols is 1. The molecule has 0 radical (unpaired) electrons. The molecule has 8 heteroatoms. The number of esters is 1. The van der Waals surface area contributed by atoms with Gasteiger partial charge in [-0.15, -0.1) is 0 Å². The number of hydrogen-bond acceptors (Lipinski definition) is 7. The maximum absolute atomic E-state index is 13.4. The van der Waals surface area contributed by atoms with Crippen molar-refractivity contribution in [3.05, 3.63) is 94.6 Å². The summed E-state index contributed by atoms with van der Waals surface area (Å²) in [6.07, 6.45) is -0.0467. The van der Waals surface area contributed by atoms with E-state index in [4.69, 9.17) is 9.47 Å². The van der Waals surface area contributed by atoms with Crippen LogP contribution in [0.3, 0.4) is 0 Å². The number of aliphatic hydroxyl groups is 1. The van der Waals surface area contributed by atoms with E-state index in [-0.39, 0.29) is 41.0 Å². The largest absolute Gasteiger partial charge is 0.508 e. The van der Waals surface area contributed by atoms with Gasteiger partial charge in [0.1, 0.15) is 17.3 Å². The van der Waals surface area contributed by atoms with Crippen LogP contribution in [-0.4, -0.2) is 40.6 Å². The summed E-state index contributed by atoms with van der Waals surface area (Å²) >= 11 is 0. The van der Waals surface area contributed by atoms with Gasteiger partial charge in [0.05, 0.1) is 29.9 Å². The number of hydrogen-bond donors (Lipinski definition) is 2. The summed E-state index contributed by atoms with van der Waals surface area (Å²) in [7, 11) is 0. The van der Waals surface area contributed by atoms with Crippen LogP contribution in [0.4, 0.5) is 5.69 Å². The topological polar surface area (TPSA) is 113 Å². The van der Waals surface area contributed by atoms with Crippen molar-refractivity contribution in [3.8, 4) is 11.5 Å². The van der Waals surface area contributed by atoms with Gasteiger partial charge in [-0.1, -0.05) is 18.2 Å². The molecule has 2 N–H and O–H groups in total. The summed E-state index contributed by atoms with van der Waals surface area (Å²) < 4.78 is 10.9. The van der Waals surface area contributed by atoms with E-state index in [0.717, 1.165) is 5.56 Å². The number of ether oxygens (including phenoxy) is 2. The van der Waals surface area contributed by atoms with E-state index in [0.29, 0.717) is 16.9 Å². The zero-order valence-electron chi connectivity index (χ0n) is 21.6. The molecule has 8 nitrogen and oxygen atoms in total. The summed E-state index contributed by atoms with van der Waals surface area (Å²) in [6, 6.07) is 16.2. The Bertz CT molecular complexity index is 1440. The fourth-order valence-electron chi connectivity index (χ4n) is 4.44. The molecule has 1 aliphatic rings. The number of nitrogens with zero attached hydrogens (tertiary/aromatic N) is 1. The first-order valence-electron chi connectivity index (χ1n) is 12.3. The first-order chi connectivity index (χ1) is 18.1. The van der Waals surface area contributed by atoms with Gasteiger partial charge in [-0.2, -0.15) is 0 Å². The second kappa shape index (κ2) is 10.8. The van der Waals surface area contributed by atoms with Gasteiger partial charge in [-0.25, -0.2) is 4.79 Å². The molecule has 0 aliphatic carbocycles. The molecular formula is C30H29NO7. The fourth-order valence-corrected chi connectivity index (χ4v) is 4.44. The first-order valence-corrected chi connectivity index (χ1v) is 12.3. The summed E-state index contributed by atoms with van der Waals surface area (Å²) in [4.78, 5) is 40.4. The van der Waals surface area contributed by atoms with E-state index in [1.165, 1.54) is 23.1 Å². The standard InChI is InChI=1S/C30H29NO7/c1-5-37-30(36)21-9-6-10-22(15-21)31-26(19-8-7-11-23(32)16-19)25(28(34)29(31)35)27(33)20-12-13-24(18(4)14-20)38-17(2)3/h6-17,26,32-33H,5H2,1-4H3/b27-25+.